The molecule has 0 bridgehead atoms. The van der Waals surface area contributed by atoms with Gasteiger partial charge in [0.2, 0.25) is 11.8 Å². The van der Waals surface area contributed by atoms with E-state index in [2.05, 4.69) is 24.5 Å². The van der Waals surface area contributed by atoms with E-state index < -0.39 is 35.2 Å². The fraction of sp³-hybridized carbons (Fsp3) is 0.545. The molecule has 0 aliphatic rings. The van der Waals surface area contributed by atoms with E-state index in [0.29, 0.717) is 5.56 Å². The van der Waals surface area contributed by atoms with E-state index >= 15 is 0 Å². The van der Waals surface area contributed by atoms with Crippen LogP contribution in [-0.4, -0.2) is 51.1 Å². The van der Waals surface area contributed by atoms with E-state index in [1.165, 1.54) is 12.1 Å². The van der Waals surface area contributed by atoms with Gasteiger partial charge in [-0.2, -0.15) is 0 Å². The molecule has 0 fully saturated rings. The second-order valence-electron chi connectivity index (χ2n) is 12.6. The summed E-state index contributed by atoms with van der Waals surface area (Å²) in [6, 6.07) is 12.2. The lowest BCUT2D eigenvalue weighted by molar-refractivity contribution is -0.148. The van der Waals surface area contributed by atoms with Gasteiger partial charge in [0.1, 0.15) is 23.4 Å². The van der Waals surface area contributed by atoms with E-state index in [1.807, 2.05) is 52.0 Å². The largest absolute Gasteiger partial charge is 0.508 e. The Morgan fingerprint density at radius 3 is 1.93 bits per heavy atom. The number of alkyl carbamates (subject to hydrolysis) is 1. The summed E-state index contributed by atoms with van der Waals surface area (Å²) in [5, 5.41) is 15.6. The first-order chi connectivity index (χ1) is 19.1. The fourth-order valence-electron chi connectivity index (χ4n) is 4.71. The standard InChI is InChI=1S/C33H49N3O5/c1-10-12-22(3)34-29(38)28(25-17-13-23(11-2)14-18-25)36(32(4,5)6)30(39)27(35-31(40)41-33(7,8)9)21-24-15-19-26(37)20-16-24/h13-20,22,27-28,37H,10-12,21H2,1-9H3,(H,34,38)(H,35,40). The van der Waals surface area contributed by atoms with Crippen LogP contribution in [0, 0.1) is 0 Å². The van der Waals surface area contributed by atoms with Gasteiger partial charge in [0.05, 0.1) is 0 Å². The molecule has 0 radical (unpaired) electrons. The van der Waals surface area contributed by atoms with Crippen LogP contribution in [0.5, 0.6) is 5.75 Å². The van der Waals surface area contributed by atoms with Gasteiger partial charge in [-0.1, -0.05) is 56.7 Å². The molecule has 2 rings (SSSR count). The number of hydrogen-bond acceptors (Lipinski definition) is 5. The average molecular weight is 568 g/mol. The van der Waals surface area contributed by atoms with Gasteiger partial charge in [-0.25, -0.2) is 4.79 Å². The first-order valence-corrected chi connectivity index (χ1v) is 14.6. The number of amides is 3. The Morgan fingerprint density at radius 1 is 0.878 bits per heavy atom. The number of carbonyl (C=O) groups excluding carboxylic acids is 3. The monoisotopic (exact) mass is 567 g/mol. The van der Waals surface area contributed by atoms with Gasteiger partial charge < -0.3 is 25.4 Å². The lowest BCUT2D eigenvalue weighted by atomic mass is 9.93. The van der Waals surface area contributed by atoms with Gasteiger partial charge >= 0.3 is 6.09 Å². The summed E-state index contributed by atoms with van der Waals surface area (Å²) in [4.78, 5) is 43.0. The van der Waals surface area contributed by atoms with Crippen molar-refractivity contribution in [3.63, 3.8) is 0 Å². The zero-order valence-corrected chi connectivity index (χ0v) is 26.2. The predicted octanol–water partition coefficient (Wildman–Crippen LogP) is 6.06. The average Bonchev–Trinajstić information content (AvgIpc) is 2.86. The minimum absolute atomic E-state index is 0.0745. The van der Waals surface area contributed by atoms with Crippen molar-refractivity contribution in [2.45, 2.75) is 117 Å². The molecule has 0 aromatic heterocycles. The summed E-state index contributed by atoms with van der Waals surface area (Å²) < 4.78 is 5.50. The maximum absolute atomic E-state index is 14.5. The summed E-state index contributed by atoms with van der Waals surface area (Å²) in [5.41, 5.74) is 0.985. The van der Waals surface area contributed by atoms with E-state index in [9.17, 15) is 19.5 Å². The molecule has 3 unspecified atom stereocenters. The summed E-state index contributed by atoms with van der Waals surface area (Å²) in [5.74, 6) is -0.597. The van der Waals surface area contributed by atoms with Gasteiger partial charge in [0.25, 0.3) is 0 Å². The van der Waals surface area contributed by atoms with Crippen LogP contribution in [0.4, 0.5) is 4.79 Å². The topological polar surface area (TPSA) is 108 Å². The summed E-state index contributed by atoms with van der Waals surface area (Å²) in [6.07, 6.45) is 1.98. The number of hydrogen-bond donors (Lipinski definition) is 3. The molecule has 3 N–H and O–H groups in total. The highest BCUT2D eigenvalue weighted by Gasteiger charge is 2.42. The molecule has 2 aromatic carbocycles. The number of aromatic hydroxyl groups is 1. The molecule has 0 spiro atoms. The molecule has 0 saturated heterocycles. The Hall–Kier alpha value is -3.55. The van der Waals surface area contributed by atoms with Crippen molar-refractivity contribution < 1.29 is 24.2 Å². The van der Waals surface area contributed by atoms with Crippen molar-refractivity contribution in [1.82, 2.24) is 15.5 Å². The number of phenols is 1. The first-order valence-electron chi connectivity index (χ1n) is 14.6. The SMILES string of the molecule is CCCC(C)NC(=O)C(c1ccc(CC)cc1)N(C(=O)C(Cc1ccc(O)cc1)NC(=O)OC(C)(C)C)C(C)(C)C. The van der Waals surface area contributed by atoms with Crippen molar-refractivity contribution in [3.8, 4) is 5.75 Å². The van der Waals surface area contributed by atoms with Crippen LogP contribution in [0.25, 0.3) is 0 Å². The Kier molecular flexibility index (Phi) is 11.8. The molecule has 41 heavy (non-hydrogen) atoms. The second-order valence-corrected chi connectivity index (χ2v) is 12.6. The molecule has 226 valence electrons. The van der Waals surface area contributed by atoms with E-state index in [-0.39, 0.29) is 24.1 Å². The minimum Gasteiger partial charge on any atom is -0.508 e. The van der Waals surface area contributed by atoms with Gasteiger partial charge in [-0.3, -0.25) is 9.59 Å². The first kappa shape index (κ1) is 33.7. The second kappa shape index (κ2) is 14.4. The highest BCUT2D eigenvalue weighted by molar-refractivity contribution is 5.93. The third-order valence-electron chi connectivity index (χ3n) is 6.65. The number of nitrogens with zero attached hydrogens (tertiary/aromatic N) is 1. The van der Waals surface area contributed by atoms with E-state index in [4.69, 9.17) is 4.74 Å². The lowest BCUT2D eigenvalue weighted by Crippen LogP contribution is -2.59. The zero-order valence-electron chi connectivity index (χ0n) is 26.2. The molecule has 2 aromatic rings. The number of nitrogens with one attached hydrogen (secondary N) is 2. The summed E-state index contributed by atoms with van der Waals surface area (Å²) in [6.45, 7) is 17.0. The number of rotatable bonds is 11. The molecule has 0 heterocycles. The molecular weight excluding hydrogens is 518 g/mol. The fourth-order valence-corrected chi connectivity index (χ4v) is 4.71. The molecule has 0 aliphatic carbocycles. The van der Waals surface area contributed by atoms with Crippen LogP contribution in [0.3, 0.4) is 0 Å². The minimum atomic E-state index is -1.04. The third kappa shape index (κ3) is 10.4. The van der Waals surface area contributed by atoms with E-state index in [1.54, 1.807) is 37.8 Å². The maximum atomic E-state index is 14.5. The number of benzene rings is 2. The molecule has 3 amide bonds. The highest BCUT2D eigenvalue weighted by Crippen LogP contribution is 2.31. The smallest absolute Gasteiger partial charge is 0.408 e. The van der Waals surface area contributed by atoms with Crippen LogP contribution in [0.15, 0.2) is 48.5 Å². The Labute approximate surface area is 245 Å². The molecule has 0 saturated carbocycles. The van der Waals surface area contributed by atoms with Gasteiger partial charge in [-0.05, 0) is 90.1 Å². The maximum Gasteiger partial charge on any atom is 0.408 e. The van der Waals surface area contributed by atoms with Crippen LogP contribution >= 0.6 is 0 Å². The Morgan fingerprint density at radius 2 is 1.44 bits per heavy atom. The predicted molar refractivity (Wildman–Crippen MR) is 163 cm³/mol. The number of aryl methyl sites for hydroxylation is 1. The number of phenolic OH excluding ortho intramolecular Hbond substituents is 1. The highest BCUT2D eigenvalue weighted by atomic mass is 16.6. The number of carbonyl (C=O) groups is 3. The lowest BCUT2D eigenvalue weighted by Gasteiger charge is -2.43. The molecular formula is C33H49N3O5. The van der Waals surface area contributed by atoms with E-state index in [0.717, 1.165) is 30.4 Å². The third-order valence-corrected chi connectivity index (χ3v) is 6.65. The summed E-state index contributed by atoms with van der Waals surface area (Å²) in [7, 11) is 0. The van der Waals surface area contributed by atoms with Crippen LogP contribution in [0.1, 0.15) is 97.9 Å². The van der Waals surface area contributed by atoms with Gasteiger partial charge in [-0.15, -0.1) is 0 Å². The molecule has 8 nitrogen and oxygen atoms in total. The zero-order chi connectivity index (χ0) is 31.0. The van der Waals surface area contributed by atoms with Crippen LogP contribution in [-0.2, 0) is 27.2 Å². The van der Waals surface area contributed by atoms with Crippen molar-refractivity contribution >= 4 is 17.9 Å². The molecule has 3 atom stereocenters. The van der Waals surface area contributed by atoms with Crippen molar-refractivity contribution in [3.05, 3.63) is 65.2 Å². The van der Waals surface area contributed by atoms with Crippen molar-refractivity contribution in [2.24, 2.45) is 0 Å². The molecule has 0 aliphatic heterocycles. The molecule has 8 heteroatoms. The van der Waals surface area contributed by atoms with Crippen molar-refractivity contribution in [1.29, 1.82) is 0 Å². The quantitative estimate of drug-likeness (QED) is 0.306. The van der Waals surface area contributed by atoms with Crippen molar-refractivity contribution in [2.75, 3.05) is 0 Å². The Balaban J connectivity index is 2.62. The summed E-state index contributed by atoms with van der Waals surface area (Å²) >= 11 is 0. The van der Waals surface area contributed by atoms with Gasteiger partial charge in [0, 0.05) is 18.0 Å². The van der Waals surface area contributed by atoms with Crippen LogP contribution in [0.2, 0.25) is 0 Å². The number of ether oxygens (including phenoxy) is 1. The van der Waals surface area contributed by atoms with Crippen LogP contribution < -0.4 is 10.6 Å². The Bertz CT molecular complexity index is 1150. The van der Waals surface area contributed by atoms with Gasteiger partial charge in [0.15, 0.2) is 0 Å². The normalized spacial score (nSPS) is 14.0.